The Morgan fingerprint density at radius 3 is 2.38 bits per heavy atom. The van der Waals surface area contributed by atoms with Crippen molar-refractivity contribution in [2.24, 2.45) is 5.73 Å². The summed E-state index contributed by atoms with van der Waals surface area (Å²) in [5.41, 5.74) is 4.83. The number of methoxy groups -OCH3 is 2. The van der Waals surface area contributed by atoms with E-state index in [9.17, 15) is 19.2 Å². The Balaban J connectivity index is 2.27. The first-order valence-electron chi connectivity index (χ1n) is 7.17. The fourth-order valence-corrected chi connectivity index (χ4v) is 2.09. The molecule has 0 spiro atoms. The van der Waals surface area contributed by atoms with E-state index in [2.05, 4.69) is 25.1 Å². The van der Waals surface area contributed by atoms with E-state index in [0.717, 1.165) is 18.9 Å². The van der Waals surface area contributed by atoms with Crippen LogP contribution in [0.5, 0.6) is 0 Å². The van der Waals surface area contributed by atoms with Crippen molar-refractivity contribution < 1.29 is 28.7 Å². The van der Waals surface area contributed by atoms with Crippen molar-refractivity contribution in [3.63, 3.8) is 0 Å². The third-order valence-electron chi connectivity index (χ3n) is 3.25. The minimum absolute atomic E-state index is 0.114. The van der Waals surface area contributed by atoms with Gasteiger partial charge in [-0.15, -0.1) is 5.10 Å². The standard InChI is InChI=1S/C15H15N5O6/c1-25-14(23)11-12(15(24)26-2)20(19-18-11)7-10(21)17-9-6-4-3-5-8(9)13(16)22/h3-6H,7H2,1-2H3,(H2,16,22)(H,17,21). The molecule has 0 saturated carbocycles. The summed E-state index contributed by atoms with van der Waals surface area (Å²) in [6.07, 6.45) is 0. The van der Waals surface area contributed by atoms with Gasteiger partial charge in [-0.1, -0.05) is 17.3 Å². The largest absolute Gasteiger partial charge is 0.464 e. The Labute approximate surface area is 147 Å². The molecule has 0 aliphatic rings. The summed E-state index contributed by atoms with van der Waals surface area (Å²) in [5.74, 6) is -3.17. The molecule has 0 unspecified atom stereocenters. The van der Waals surface area contributed by atoms with Gasteiger partial charge in [0.1, 0.15) is 6.54 Å². The summed E-state index contributed by atoms with van der Waals surface area (Å²) in [4.78, 5) is 47.2. The van der Waals surface area contributed by atoms with Gasteiger partial charge in [-0.05, 0) is 12.1 Å². The minimum atomic E-state index is -0.916. The van der Waals surface area contributed by atoms with Gasteiger partial charge in [-0.25, -0.2) is 14.3 Å². The van der Waals surface area contributed by atoms with Crippen LogP contribution in [-0.4, -0.2) is 53.0 Å². The van der Waals surface area contributed by atoms with Crippen molar-refractivity contribution in [1.82, 2.24) is 15.0 Å². The molecule has 2 amide bonds. The molecule has 136 valence electrons. The number of nitrogens with zero attached hydrogens (tertiary/aromatic N) is 3. The van der Waals surface area contributed by atoms with E-state index in [1.165, 1.54) is 12.1 Å². The summed E-state index contributed by atoms with van der Waals surface area (Å²) < 4.78 is 9.98. The molecule has 0 bridgehead atoms. The first-order chi connectivity index (χ1) is 12.4. The first kappa shape index (κ1) is 18.6. The van der Waals surface area contributed by atoms with Crippen LogP contribution in [0.4, 0.5) is 5.69 Å². The number of esters is 2. The number of nitrogens with one attached hydrogen (secondary N) is 1. The summed E-state index contributed by atoms with van der Waals surface area (Å²) >= 11 is 0. The second-order valence-electron chi connectivity index (χ2n) is 4.89. The molecule has 0 atom stereocenters. The normalized spacial score (nSPS) is 10.1. The molecule has 0 aliphatic heterocycles. The Hall–Kier alpha value is -3.76. The highest BCUT2D eigenvalue weighted by Gasteiger charge is 2.27. The number of carbonyl (C=O) groups is 4. The number of hydrogen-bond donors (Lipinski definition) is 2. The van der Waals surface area contributed by atoms with E-state index in [4.69, 9.17) is 5.73 Å². The van der Waals surface area contributed by atoms with E-state index >= 15 is 0 Å². The van der Waals surface area contributed by atoms with E-state index in [1.54, 1.807) is 12.1 Å². The second kappa shape index (κ2) is 7.88. The second-order valence-corrected chi connectivity index (χ2v) is 4.89. The Bertz CT molecular complexity index is 875. The fourth-order valence-electron chi connectivity index (χ4n) is 2.09. The van der Waals surface area contributed by atoms with Gasteiger partial charge in [0, 0.05) is 0 Å². The molecule has 2 aromatic rings. The zero-order chi connectivity index (χ0) is 19.3. The number of nitrogens with two attached hydrogens (primary N) is 1. The SMILES string of the molecule is COC(=O)c1nnn(CC(=O)Nc2ccccc2C(N)=O)c1C(=O)OC. The third-order valence-corrected chi connectivity index (χ3v) is 3.25. The summed E-state index contributed by atoms with van der Waals surface area (Å²) in [6.45, 7) is -0.471. The van der Waals surface area contributed by atoms with Gasteiger partial charge in [0.15, 0.2) is 5.69 Å². The van der Waals surface area contributed by atoms with Crippen LogP contribution in [0, 0.1) is 0 Å². The van der Waals surface area contributed by atoms with Crippen LogP contribution in [0.1, 0.15) is 31.3 Å². The highest BCUT2D eigenvalue weighted by molar-refractivity contribution is 6.03. The smallest absolute Gasteiger partial charge is 0.361 e. The number of amides is 2. The van der Waals surface area contributed by atoms with E-state index in [1.807, 2.05) is 0 Å². The molecule has 3 N–H and O–H groups in total. The lowest BCUT2D eigenvalue weighted by Gasteiger charge is -2.09. The lowest BCUT2D eigenvalue weighted by Crippen LogP contribution is -2.25. The zero-order valence-corrected chi connectivity index (χ0v) is 13.9. The molecule has 26 heavy (non-hydrogen) atoms. The van der Waals surface area contributed by atoms with Crippen molar-refractivity contribution in [1.29, 1.82) is 0 Å². The monoisotopic (exact) mass is 361 g/mol. The highest BCUT2D eigenvalue weighted by Crippen LogP contribution is 2.15. The van der Waals surface area contributed by atoms with Gasteiger partial charge < -0.3 is 20.5 Å². The molecule has 2 rings (SSSR count). The maximum absolute atomic E-state index is 12.2. The lowest BCUT2D eigenvalue weighted by molar-refractivity contribution is -0.116. The summed E-state index contributed by atoms with van der Waals surface area (Å²) in [7, 11) is 2.21. The molecule has 1 heterocycles. The van der Waals surface area contributed by atoms with Crippen molar-refractivity contribution in [3.05, 3.63) is 41.2 Å². The minimum Gasteiger partial charge on any atom is -0.464 e. The lowest BCUT2D eigenvalue weighted by atomic mass is 10.1. The van der Waals surface area contributed by atoms with Crippen molar-refractivity contribution in [2.45, 2.75) is 6.54 Å². The van der Waals surface area contributed by atoms with Crippen LogP contribution in [0.25, 0.3) is 0 Å². The van der Waals surface area contributed by atoms with Gasteiger partial charge in [0.2, 0.25) is 11.6 Å². The molecule has 0 radical (unpaired) electrons. The molecule has 11 nitrogen and oxygen atoms in total. The number of hydrogen-bond acceptors (Lipinski definition) is 8. The van der Waals surface area contributed by atoms with Crippen LogP contribution < -0.4 is 11.1 Å². The topological polar surface area (TPSA) is 155 Å². The number of anilines is 1. The average Bonchev–Trinajstić information content (AvgIpc) is 3.03. The number of para-hydroxylation sites is 1. The molecule has 11 heteroatoms. The van der Waals surface area contributed by atoms with Crippen LogP contribution in [0.15, 0.2) is 24.3 Å². The molecule has 1 aromatic heterocycles. The summed E-state index contributed by atoms with van der Waals surface area (Å²) in [6, 6.07) is 6.13. The molecule has 0 saturated heterocycles. The quantitative estimate of drug-likeness (QED) is 0.658. The average molecular weight is 361 g/mol. The van der Waals surface area contributed by atoms with Gasteiger partial charge in [0.25, 0.3) is 5.91 Å². The van der Waals surface area contributed by atoms with Crippen LogP contribution in [0.2, 0.25) is 0 Å². The maximum Gasteiger partial charge on any atom is 0.361 e. The number of carbonyl (C=O) groups excluding carboxylic acids is 4. The number of primary amides is 1. The highest BCUT2D eigenvalue weighted by atomic mass is 16.5. The van der Waals surface area contributed by atoms with Crippen LogP contribution >= 0.6 is 0 Å². The molecule has 0 aliphatic carbocycles. The van der Waals surface area contributed by atoms with E-state index < -0.39 is 30.3 Å². The van der Waals surface area contributed by atoms with Crippen LogP contribution in [0.3, 0.4) is 0 Å². The molecular formula is C15H15N5O6. The summed E-state index contributed by atoms with van der Waals surface area (Å²) in [5, 5.41) is 9.63. The Kier molecular flexibility index (Phi) is 5.63. The maximum atomic E-state index is 12.2. The zero-order valence-electron chi connectivity index (χ0n) is 13.9. The number of rotatable bonds is 6. The van der Waals surface area contributed by atoms with Gasteiger partial charge in [-0.3, -0.25) is 9.59 Å². The van der Waals surface area contributed by atoms with Crippen molar-refractivity contribution in [2.75, 3.05) is 19.5 Å². The number of ether oxygens (including phenoxy) is 2. The number of benzene rings is 1. The molecule has 0 fully saturated rings. The Morgan fingerprint density at radius 1 is 1.12 bits per heavy atom. The number of aromatic nitrogens is 3. The fraction of sp³-hybridized carbons (Fsp3) is 0.200. The van der Waals surface area contributed by atoms with Crippen molar-refractivity contribution in [3.8, 4) is 0 Å². The predicted octanol–water partition coefficient (Wildman–Crippen LogP) is -0.411. The first-order valence-corrected chi connectivity index (χ1v) is 7.17. The van der Waals surface area contributed by atoms with Crippen LogP contribution in [-0.2, 0) is 20.8 Å². The van der Waals surface area contributed by atoms with Crippen molar-refractivity contribution >= 4 is 29.4 Å². The molecular weight excluding hydrogens is 346 g/mol. The van der Waals surface area contributed by atoms with Gasteiger partial charge in [-0.2, -0.15) is 0 Å². The third kappa shape index (κ3) is 3.83. The van der Waals surface area contributed by atoms with Gasteiger partial charge in [0.05, 0.1) is 25.5 Å². The Morgan fingerprint density at radius 2 is 1.77 bits per heavy atom. The van der Waals surface area contributed by atoms with Gasteiger partial charge >= 0.3 is 11.9 Å². The van der Waals surface area contributed by atoms with E-state index in [0.29, 0.717) is 0 Å². The molecule has 1 aromatic carbocycles. The predicted molar refractivity (Wildman–Crippen MR) is 86.3 cm³/mol. The van der Waals surface area contributed by atoms with E-state index in [-0.39, 0.29) is 22.6 Å².